The summed E-state index contributed by atoms with van der Waals surface area (Å²) in [5, 5.41) is 3.46. The Labute approximate surface area is 162 Å². The van der Waals surface area contributed by atoms with Crippen LogP contribution in [0.2, 0.25) is 0 Å². The van der Waals surface area contributed by atoms with E-state index >= 15 is 0 Å². The molecule has 1 amide bonds. The van der Waals surface area contributed by atoms with Crippen molar-refractivity contribution in [1.82, 2.24) is 9.55 Å². The average Bonchev–Trinajstić information content (AvgIpc) is 2.68. The Balaban J connectivity index is 2.12. The number of carbonyl (C=O) groups is 1. The predicted octanol–water partition coefficient (Wildman–Crippen LogP) is 2.77. The largest absolute Gasteiger partial charge is 0.493 e. The van der Waals surface area contributed by atoms with Gasteiger partial charge in [0.25, 0.3) is 5.56 Å². The number of nitrogens with one attached hydrogen (secondary N) is 1. The molecule has 0 saturated carbocycles. The van der Waals surface area contributed by atoms with Gasteiger partial charge in [-0.2, -0.15) is 4.98 Å². The molecule has 0 bridgehead atoms. The summed E-state index contributed by atoms with van der Waals surface area (Å²) >= 11 is 1.51. The summed E-state index contributed by atoms with van der Waals surface area (Å²) in [5.74, 6) is 2.01. The normalized spacial score (nSPS) is 15.9. The molecule has 0 spiro atoms. The van der Waals surface area contributed by atoms with Crippen molar-refractivity contribution in [3.63, 3.8) is 0 Å². The maximum atomic E-state index is 12.8. The summed E-state index contributed by atoms with van der Waals surface area (Å²) in [6, 6.07) is 5.45. The molecule has 2 heterocycles. The highest BCUT2D eigenvalue weighted by Crippen LogP contribution is 2.39. The van der Waals surface area contributed by atoms with E-state index in [2.05, 4.69) is 17.2 Å². The van der Waals surface area contributed by atoms with Gasteiger partial charge >= 0.3 is 0 Å². The third kappa shape index (κ3) is 3.66. The van der Waals surface area contributed by atoms with Crippen LogP contribution in [0.3, 0.4) is 0 Å². The van der Waals surface area contributed by atoms with Gasteiger partial charge in [0.2, 0.25) is 5.91 Å². The molecule has 0 radical (unpaired) electrons. The lowest BCUT2D eigenvalue weighted by Gasteiger charge is -2.27. The molecular formula is C19H23N3O4S. The first-order valence-corrected chi connectivity index (χ1v) is 9.74. The fourth-order valence-corrected chi connectivity index (χ4v) is 4.03. The minimum Gasteiger partial charge on any atom is -0.493 e. The summed E-state index contributed by atoms with van der Waals surface area (Å²) in [6.07, 6.45) is 1.15. The van der Waals surface area contributed by atoms with Crippen molar-refractivity contribution in [2.45, 2.75) is 30.8 Å². The van der Waals surface area contributed by atoms with Crippen LogP contribution < -0.4 is 20.3 Å². The van der Waals surface area contributed by atoms with Crippen molar-refractivity contribution in [3.05, 3.63) is 39.7 Å². The maximum absolute atomic E-state index is 12.8. The number of thioether (sulfide) groups is 1. The number of nitrogens with zero attached hydrogens (tertiary/aromatic N) is 2. The van der Waals surface area contributed by atoms with Gasteiger partial charge in [0.15, 0.2) is 16.7 Å². The highest BCUT2D eigenvalue weighted by molar-refractivity contribution is 7.99. The molecule has 8 heteroatoms. The number of benzene rings is 1. The van der Waals surface area contributed by atoms with Gasteiger partial charge in [0.1, 0.15) is 5.82 Å². The Morgan fingerprint density at radius 1 is 1.26 bits per heavy atom. The van der Waals surface area contributed by atoms with Crippen molar-refractivity contribution in [2.75, 3.05) is 25.3 Å². The second-order valence-electron chi connectivity index (χ2n) is 6.29. The Hall–Kier alpha value is -2.48. The number of ether oxygens (including phenoxy) is 2. The van der Waals surface area contributed by atoms with Crippen LogP contribution in [0.4, 0.5) is 5.82 Å². The molecule has 3 rings (SSSR count). The summed E-state index contributed by atoms with van der Waals surface area (Å²) in [6.45, 7) is 2.07. The molecule has 0 fully saturated rings. The number of aromatic nitrogens is 2. The summed E-state index contributed by atoms with van der Waals surface area (Å²) < 4.78 is 12.4. The molecule has 7 nitrogen and oxygen atoms in total. The zero-order chi connectivity index (χ0) is 19.6. The van der Waals surface area contributed by atoms with E-state index in [-0.39, 0.29) is 23.8 Å². The SMILES string of the molecule is CCCSc1nc(=O)c2c(n1C)NC(=O)CC2c1ccc(OC)c(OC)c1. The molecule has 0 aliphatic carbocycles. The zero-order valence-corrected chi connectivity index (χ0v) is 16.7. The average molecular weight is 389 g/mol. The zero-order valence-electron chi connectivity index (χ0n) is 15.9. The van der Waals surface area contributed by atoms with Gasteiger partial charge in [-0.25, -0.2) is 0 Å². The first kappa shape index (κ1) is 19.3. The maximum Gasteiger partial charge on any atom is 0.279 e. The summed E-state index contributed by atoms with van der Waals surface area (Å²) in [4.78, 5) is 29.5. The molecule has 1 aromatic carbocycles. The number of hydrogen-bond donors (Lipinski definition) is 1. The number of carbonyl (C=O) groups excluding carboxylic acids is 1. The van der Waals surface area contributed by atoms with Gasteiger partial charge in [-0.05, 0) is 24.1 Å². The molecule has 1 aliphatic rings. The lowest BCUT2D eigenvalue weighted by Crippen LogP contribution is -2.33. The number of anilines is 1. The standard InChI is InChI=1S/C19H23N3O4S/c1-5-8-27-19-21-18(24)16-12(10-15(23)20-17(16)22(19)2)11-6-7-13(25-3)14(9-11)26-4/h6-7,9,12H,5,8,10H2,1-4H3,(H,20,23). The van der Waals surface area contributed by atoms with E-state index in [9.17, 15) is 9.59 Å². The lowest BCUT2D eigenvalue weighted by atomic mass is 9.86. The summed E-state index contributed by atoms with van der Waals surface area (Å²) in [7, 11) is 4.94. The minimum absolute atomic E-state index is 0.130. The van der Waals surface area contributed by atoms with Crippen LogP contribution in [-0.4, -0.2) is 35.4 Å². The molecule has 1 aromatic heterocycles. The lowest BCUT2D eigenvalue weighted by molar-refractivity contribution is -0.116. The molecule has 2 aromatic rings. The predicted molar refractivity (Wildman–Crippen MR) is 105 cm³/mol. The second-order valence-corrected chi connectivity index (χ2v) is 7.35. The number of methoxy groups -OCH3 is 2. The fraction of sp³-hybridized carbons (Fsp3) is 0.421. The number of rotatable bonds is 6. The molecule has 1 unspecified atom stereocenters. The van der Waals surface area contributed by atoms with Crippen LogP contribution >= 0.6 is 11.8 Å². The molecule has 1 aliphatic heterocycles. The molecule has 1 atom stereocenters. The number of fused-ring (bicyclic) bond motifs is 1. The van der Waals surface area contributed by atoms with Crippen molar-refractivity contribution < 1.29 is 14.3 Å². The van der Waals surface area contributed by atoms with Crippen LogP contribution in [0.15, 0.2) is 28.2 Å². The van der Waals surface area contributed by atoms with Crippen molar-refractivity contribution >= 4 is 23.5 Å². The Kier molecular flexibility index (Phi) is 5.74. The highest BCUT2D eigenvalue weighted by atomic mass is 32.2. The van der Waals surface area contributed by atoms with E-state index in [1.807, 2.05) is 19.2 Å². The molecule has 27 heavy (non-hydrogen) atoms. The third-order valence-electron chi connectivity index (χ3n) is 4.55. The monoisotopic (exact) mass is 389 g/mol. The third-order valence-corrected chi connectivity index (χ3v) is 5.78. The smallest absolute Gasteiger partial charge is 0.279 e. The van der Waals surface area contributed by atoms with Crippen molar-refractivity contribution in [1.29, 1.82) is 0 Å². The van der Waals surface area contributed by atoms with Crippen LogP contribution in [0.25, 0.3) is 0 Å². The number of hydrogen-bond acceptors (Lipinski definition) is 6. The van der Waals surface area contributed by atoms with Gasteiger partial charge in [-0.1, -0.05) is 24.8 Å². The number of amides is 1. The molecule has 144 valence electrons. The first-order valence-electron chi connectivity index (χ1n) is 8.75. The van der Waals surface area contributed by atoms with Crippen molar-refractivity contribution in [2.24, 2.45) is 7.05 Å². The Morgan fingerprint density at radius 2 is 2.00 bits per heavy atom. The van der Waals surface area contributed by atoms with Gasteiger partial charge < -0.3 is 19.4 Å². The van der Waals surface area contributed by atoms with Gasteiger partial charge in [0, 0.05) is 25.1 Å². The fourth-order valence-electron chi connectivity index (χ4n) is 3.21. The van der Waals surface area contributed by atoms with Gasteiger partial charge in [-0.3, -0.25) is 9.59 Å². The van der Waals surface area contributed by atoms with Gasteiger partial charge in [-0.15, -0.1) is 0 Å². The van der Waals surface area contributed by atoms with Gasteiger partial charge in [0.05, 0.1) is 19.8 Å². The Bertz CT molecular complexity index is 926. The van der Waals surface area contributed by atoms with E-state index in [0.29, 0.717) is 28.0 Å². The molecule has 1 N–H and O–H groups in total. The van der Waals surface area contributed by atoms with E-state index in [4.69, 9.17) is 9.47 Å². The van der Waals surface area contributed by atoms with Crippen LogP contribution in [0.5, 0.6) is 11.5 Å². The summed E-state index contributed by atoms with van der Waals surface area (Å²) in [5.41, 5.74) is 1.02. The topological polar surface area (TPSA) is 82.5 Å². The van der Waals surface area contributed by atoms with Crippen LogP contribution in [-0.2, 0) is 11.8 Å². The quantitative estimate of drug-likeness (QED) is 0.604. The van der Waals surface area contributed by atoms with Crippen LogP contribution in [0, 0.1) is 0 Å². The Morgan fingerprint density at radius 3 is 2.67 bits per heavy atom. The van der Waals surface area contributed by atoms with E-state index in [0.717, 1.165) is 17.7 Å². The van der Waals surface area contributed by atoms with Crippen molar-refractivity contribution in [3.8, 4) is 11.5 Å². The van der Waals surface area contributed by atoms with E-state index < -0.39 is 0 Å². The van der Waals surface area contributed by atoms with E-state index in [1.54, 1.807) is 24.9 Å². The molecular weight excluding hydrogens is 366 g/mol. The first-order chi connectivity index (χ1) is 13.0. The van der Waals surface area contributed by atoms with E-state index in [1.165, 1.54) is 11.8 Å². The molecule has 0 saturated heterocycles. The van der Waals surface area contributed by atoms with Crippen LogP contribution in [0.1, 0.15) is 36.8 Å². The highest BCUT2D eigenvalue weighted by Gasteiger charge is 2.32. The second kappa shape index (κ2) is 8.04. The minimum atomic E-state index is -0.384.